The molecule has 0 aliphatic carbocycles. The Morgan fingerprint density at radius 2 is 1.64 bits per heavy atom. The first-order valence-corrected chi connectivity index (χ1v) is 8.71. The van der Waals surface area contributed by atoms with Crippen LogP contribution in [0.5, 0.6) is 0 Å². The molecule has 0 saturated carbocycles. The third-order valence-electron chi connectivity index (χ3n) is 4.80. The van der Waals surface area contributed by atoms with E-state index in [1.807, 2.05) is 24.3 Å². The molecule has 2 amide bonds. The van der Waals surface area contributed by atoms with Crippen LogP contribution < -0.4 is 0 Å². The van der Waals surface area contributed by atoms with Gasteiger partial charge in [-0.25, -0.2) is 0 Å². The van der Waals surface area contributed by atoms with E-state index in [4.69, 9.17) is 0 Å². The number of carbonyl (C=O) groups is 2. The van der Waals surface area contributed by atoms with Crippen molar-refractivity contribution in [3.8, 4) is 11.1 Å². The minimum atomic E-state index is -0.267. The van der Waals surface area contributed by atoms with Crippen molar-refractivity contribution in [1.82, 2.24) is 4.90 Å². The van der Waals surface area contributed by atoms with E-state index in [2.05, 4.69) is 31.2 Å². The highest BCUT2D eigenvalue weighted by atomic mass is 16.3. The van der Waals surface area contributed by atoms with Crippen molar-refractivity contribution in [2.24, 2.45) is 0 Å². The molecule has 1 aliphatic heterocycles. The molecule has 0 radical (unpaired) electrons. The zero-order valence-corrected chi connectivity index (χ0v) is 14.4. The Labute approximate surface area is 148 Å². The third kappa shape index (κ3) is 3.80. The van der Waals surface area contributed by atoms with E-state index in [1.54, 1.807) is 0 Å². The number of nitrogens with zero attached hydrogens (tertiary/aromatic N) is 1. The second kappa shape index (κ2) is 7.62. The summed E-state index contributed by atoms with van der Waals surface area (Å²) in [5, 5.41) is 9.32. The number of carbonyl (C=O) groups excluding carboxylic acids is 2. The van der Waals surface area contributed by atoms with Gasteiger partial charge in [0.15, 0.2) is 0 Å². The van der Waals surface area contributed by atoms with Crippen LogP contribution in [0, 0.1) is 6.92 Å². The number of hydrogen-bond donors (Lipinski definition) is 1. The summed E-state index contributed by atoms with van der Waals surface area (Å²) in [6.45, 7) is 2.05. The van der Waals surface area contributed by atoms with Crippen LogP contribution >= 0.6 is 0 Å². The maximum absolute atomic E-state index is 12.0. The van der Waals surface area contributed by atoms with E-state index < -0.39 is 0 Å². The zero-order chi connectivity index (χ0) is 17.8. The zero-order valence-electron chi connectivity index (χ0n) is 14.4. The van der Waals surface area contributed by atoms with Crippen molar-refractivity contribution >= 4 is 11.8 Å². The van der Waals surface area contributed by atoms with Crippen LogP contribution in [0.3, 0.4) is 0 Å². The Bertz CT molecular complexity index is 751. The average Bonchev–Trinajstić information content (AvgIpc) is 2.94. The van der Waals surface area contributed by atoms with Gasteiger partial charge >= 0.3 is 0 Å². The molecule has 1 saturated heterocycles. The molecule has 2 aromatic rings. The van der Waals surface area contributed by atoms with Crippen LogP contribution in [0.4, 0.5) is 0 Å². The van der Waals surface area contributed by atoms with Gasteiger partial charge in [0.05, 0.1) is 0 Å². The molecule has 0 aromatic heterocycles. The number of benzene rings is 2. The summed E-state index contributed by atoms with van der Waals surface area (Å²) in [7, 11) is 0. The molecule has 1 N–H and O–H groups in total. The highest BCUT2D eigenvalue weighted by Crippen LogP contribution is 2.25. The van der Waals surface area contributed by atoms with Crippen LogP contribution in [0.1, 0.15) is 30.4 Å². The van der Waals surface area contributed by atoms with Gasteiger partial charge in [0.25, 0.3) is 0 Å². The predicted molar refractivity (Wildman–Crippen MR) is 96.9 cm³/mol. The van der Waals surface area contributed by atoms with Gasteiger partial charge in [-0.15, -0.1) is 0 Å². The van der Waals surface area contributed by atoms with Gasteiger partial charge in [-0.3, -0.25) is 14.5 Å². The molecule has 25 heavy (non-hydrogen) atoms. The van der Waals surface area contributed by atoms with Crippen LogP contribution in [0.2, 0.25) is 0 Å². The minimum absolute atomic E-state index is 0.0387. The summed E-state index contributed by atoms with van der Waals surface area (Å²) in [5.74, 6) is -0.250. The number of aryl methyl sites for hydroxylation is 1. The number of aliphatic hydroxyl groups excluding tert-OH is 1. The van der Waals surface area contributed by atoms with E-state index >= 15 is 0 Å². The normalized spacial score (nSPS) is 15.7. The molecule has 4 heteroatoms. The van der Waals surface area contributed by atoms with Crippen molar-refractivity contribution in [2.75, 3.05) is 6.61 Å². The summed E-state index contributed by atoms with van der Waals surface area (Å²) >= 11 is 0. The Kier molecular flexibility index (Phi) is 5.29. The minimum Gasteiger partial charge on any atom is -0.396 e. The van der Waals surface area contributed by atoms with Crippen molar-refractivity contribution in [2.45, 2.75) is 38.6 Å². The van der Waals surface area contributed by atoms with Gasteiger partial charge in [-0.2, -0.15) is 0 Å². The number of rotatable bonds is 6. The molecule has 0 unspecified atom stereocenters. The molecule has 1 atom stereocenters. The lowest BCUT2D eigenvalue weighted by atomic mass is 9.97. The molecule has 1 fully saturated rings. The Balaban J connectivity index is 1.78. The molecule has 0 bridgehead atoms. The topological polar surface area (TPSA) is 57.6 Å². The van der Waals surface area contributed by atoms with E-state index in [-0.39, 0.29) is 37.3 Å². The summed E-state index contributed by atoms with van der Waals surface area (Å²) in [6.07, 6.45) is 1.56. The highest BCUT2D eigenvalue weighted by molar-refractivity contribution is 6.02. The first kappa shape index (κ1) is 17.4. The second-order valence-electron chi connectivity index (χ2n) is 6.54. The van der Waals surface area contributed by atoms with Crippen molar-refractivity contribution in [3.05, 3.63) is 59.7 Å². The van der Waals surface area contributed by atoms with Crippen LogP contribution in [-0.4, -0.2) is 34.5 Å². The summed E-state index contributed by atoms with van der Waals surface area (Å²) in [4.78, 5) is 25.3. The largest absolute Gasteiger partial charge is 0.396 e. The maximum atomic E-state index is 12.0. The lowest BCUT2D eigenvalue weighted by Crippen LogP contribution is -2.41. The molecular weight excluding hydrogens is 314 g/mol. The van der Waals surface area contributed by atoms with E-state index in [0.29, 0.717) is 12.8 Å². The highest BCUT2D eigenvalue weighted by Gasteiger charge is 2.34. The Hall–Kier alpha value is -2.46. The van der Waals surface area contributed by atoms with Gasteiger partial charge < -0.3 is 5.11 Å². The van der Waals surface area contributed by atoms with Crippen molar-refractivity contribution < 1.29 is 14.7 Å². The fraction of sp³-hybridized carbons (Fsp3) is 0.333. The molecule has 4 nitrogen and oxygen atoms in total. The predicted octanol–water partition coefficient (Wildman–Crippen LogP) is 3.10. The van der Waals surface area contributed by atoms with Gasteiger partial charge in [0.1, 0.15) is 0 Å². The molecule has 130 valence electrons. The number of aliphatic hydroxyl groups is 1. The Morgan fingerprint density at radius 1 is 1.00 bits per heavy atom. The first-order chi connectivity index (χ1) is 12.1. The van der Waals surface area contributed by atoms with E-state index in [1.165, 1.54) is 16.0 Å². The quantitative estimate of drug-likeness (QED) is 0.824. The molecule has 1 heterocycles. The van der Waals surface area contributed by atoms with Gasteiger partial charge in [0, 0.05) is 25.5 Å². The number of hydrogen-bond acceptors (Lipinski definition) is 3. The summed E-state index contributed by atoms with van der Waals surface area (Å²) in [5.41, 5.74) is 4.63. The third-order valence-corrected chi connectivity index (χ3v) is 4.80. The van der Waals surface area contributed by atoms with Crippen molar-refractivity contribution in [3.63, 3.8) is 0 Å². The lowest BCUT2D eigenvalue weighted by Gasteiger charge is -2.26. The SMILES string of the molecule is Cc1ccccc1-c1ccc(C[C@H](CCO)N2C(=O)CCC2=O)cc1. The molecule has 3 rings (SSSR count). The second-order valence-corrected chi connectivity index (χ2v) is 6.54. The lowest BCUT2D eigenvalue weighted by molar-refractivity contribution is -0.141. The summed E-state index contributed by atoms with van der Waals surface area (Å²) < 4.78 is 0. The van der Waals surface area contributed by atoms with Gasteiger partial charge in [-0.1, -0.05) is 48.5 Å². The maximum Gasteiger partial charge on any atom is 0.229 e. The molecule has 0 spiro atoms. The standard InChI is InChI=1S/C21H23NO3/c1-15-4-2-3-5-19(15)17-8-6-16(7-9-17)14-18(12-13-23)22-20(24)10-11-21(22)25/h2-9,18,23H,10-14H2,1H3/t18-/m0/s1. The smallest absolute Gasteiger partial charge is 0.229 e. The van der Waals surface area contributed by atoms with Gasteiger partial charge in [-0.05, 0) is 42.0 Å². The van der Waals surface area contributed by atoms with Crippen LogP contribution in [0.15, 0.2) is 48.5 Å². The molecular formula is C21H23NO3. The van der Waals surface area contributed by atoms with Crippen LogP contribution in [-0.2, 0) is 16.0 Å². The average molecular weight is 337 g/mol. The number of amides is 2. The first-order valence-electron chi connectivity index (χ1n) is 8.71. The fourth-order valence-corrected chi connectivity index (χ4v) is 3.46. The summed E-state index contributed by atoms with van der Waals surface area (Å²) in [6, 6.07) is 16.2. The number of likely N-dealkylation sites (tertiary alicyclic amines) is 1. The molecule has 2 aromatic carbocycles. The molecule has 1 aliphatic rings. The van der Waals surface area contributed by atoms with Gasteiger partial charge in [0.2, 0.25) is 11.8 Å². The monoisotopic (exact) mass is 337 g/mol. The fourth-order valence-electron chi connectivity index (χ4n) is 3.46. The van der Waals surface area contributed by atoms with Crippen LogP contribution in [0.25, 0.3) is 11.1 Å². The van der Waals surface area contributed by atoms with Crippen molar-refractivity contribution in [1.29, 1.82) is 0 Å². The number of imide groups is 1. The van der Waals surface area contributed by atoms with E-state index in [9.17, 15) is 14.7 Å². The van der Waals surface area contributed by atoms with E-state index in [0.717, 1.165) is 11.1 Å². The Morgan fingerprint density at radius 3 is 2.24 bits per heavy atom.